The zero-order valence-corrected chi connectivity index (χ0v) is 8.42. The van der Waals surface area contributed by atoms with Gasteiger partial charge in [0.1, 0.15) is 0 Å². The van der Waals surface area contributed by atoms with E-state index in [1.165, 1.54) is 12.2 Å². The Morgan fingerprint density at radius 3 is 2.29 bits per heavy atom. The van der Waals surface area contributed by atoms with Gasteiger partial charge in [0.2, 0.25) is 5.24 Å². The molecule has 0 N–H and O–H groups in total. The van der Waals surface area contributed by atoms with Crippen LogP contribution in [0.5, 0.6) is 0 Å². The van der Waals surface area contributed by atoms with Gasteiger partial charge >= 0.3 is 0 Å². The summed E-state index contributed by atoms with van der Waals surface area (Å²) in [5.74, 6) is -0.736. The number of carbonyl (C=O) groups excluding carboxylic acids is 3. The quantitative estimate of drug-likeness (QED) is 0.397. The minimum Gasteiger partial charge on any atom is -0.294 e. The molecular formula is C10H11ClO3. The van der Waals surface area contributed by atoms with E-state index in [0.717, 1.165) is 0 Å². The van der Waals surface area contributed by atoms with Gasteiger partial charge in [-0.15, -0.1) is 0 Å². The zero-order valence-electron chi connectivity index (χ0n) is 7.66. The van der Waals surface area contributed by atoms with Crippen LogP contribution in [0.15, 0.2) is 12.2 Å². The fourth-order valence-electron chi connectivity index (χ4n) is 1.43. The van der Waals surface area contributed by atoms with Gasteiger partial charge in [-0.05, 0) is 36.6 Å². The number of halogens is 1. The molecule has 1 aliphatic carbocycles. The van der Waals surface area contributed by atoms with Crippen LogP contribution in [0.25, 0.3) is 0 Å². The lowest BCUT2D eigenvalue weighted by molar-refractivity contribution is -0.126. The molecule has 3 nitrogen and oxygen atoms in total. The minimum atomic E-state index is -0.500. The third kappa shape index (κ3) is 3.07. The molecule has 0 unspecified atom stereocenters. The van der Waals surface area contributed by atoms with Crippen molar-refractivity contribution >= 4 is 28.4 Å². The van der Waals surface area contributed by atoms with Gasteiger partial charge in [0.15, 0.2) is 11.6 Å². The molecule has 0 amide bonds. The lowest BCUT2D eigenvalue weighted by Crippen LogP contribution is -2.15. The van der Waals surface area contributed by atoms with E-state index in [1.54, 1.807) is 0 Å². The van der Waals surface area contributed by atoms with E-state index in [0.29, 0.717) is 25.7 Å². The normalized spacial score (nSPS) is 16.6. The molecule has 0 saturated carbocycles. The summed E-state index contributed by atoms with van der Waals surface area (Å²) in [7, 11) is 0. The molecule has 1 rings (SSSR count). The van der Waals surface area contributed by atoms with Crippen molar-refractivity contribution in [2.45, 2.75) is 25.7 Å². The Kier molecular flexibility index (Phi) is 4.01. The summed E-state index contributed by atoms with van der Waals surface area (Å²) in [4.78, 5) is 32.6. The smallest absolute Gasteiger partial charge is 0.221 e. The highest BCUT2D eigenvalue weighted by molar-refractivity contribution is 6.63. The molecule has 0 radical (unpaired) electrons. The topological polar surface area (TPSA) is 51.2 Å². The lowest BCUT2D eigenvalue weighted by atomic mass is 9.97. The summed E-state index contributed by atoms with van der Waals surface area (Å²) < 4.78 is 0. The van der Waals surface area contributed by atoms with Crippen LogP contribution in [-0.2, 0) is 14.4 Å². The van der Waals surface area contributed by atoms with Crippen molar-refractivity contribution < 1.29 is 14.4 Å². The van der Waals surface area contributed by atoms with Crippen LogP contribution < -0.4 is 0 Å². The molecule has 0 atom stereocenters. The van der Waals surface area contributed by atoms with Crippen molar-refractivity contribution in [3.63, 3.8) is 0 Å². The molecule has 4 heteroatoms. The Morgan fingerprint density at radius 2 is 1.79 bits per heavy atom. The van der Waals surface area contributed by atoms with Crippen LogP contribution in [0.3, 0.4) is 0 Å². The van der Waals surface area contributed by atoms with Crippen LogP contribution in [0.2, 0.25) is 0 Å². The summed E-state index contributed by atoms with van der Waals surface area (Å²) >= 11 is 5.15. The average Bonchev–Trinajstić information content (AvgIpc) is 2.42. The van der Waals surface area contributed by atoms with E-state index in [9.17, 15) is 14.4 Å². The molecule has 0 heterocycles. The van der Waals surface area contributed by atoms with E-state index in [2.05, 4.69) is 0 Å². The maximum atomic E-state index is 11.1. The number of carbonyl (C=O) groups is 3. The number of allylic oxidation sites excluding steroid dienone is 2. The molecule has 0 aromatic heterocycles. The number of hydrogen-bond acceptors (Lipinski definition) is 3. The van der Waals surface area contributed by atoms with Crippen LogP contribution >= 0.6 is 11.6 Å². The summed E-state index contributed by atoms with van der Waals surface area (Å²) in [6.45, 7) is 0. The molecule has 0 fully saturated rings. The first-order valence-corrected chi connectivity index (χ1v) is 4.93. The molecule has 0 aromatic rings. The van der Waals surface area contributed by atoms with Crippen molar-refractivity contribution in [2.75, 3.05) is 0 Å². The Morgan fingerprint density at radius 1 is 1.21 bits per heavy atom. The number of ketones is 2. The largest absolute Gasteiger partial charge is 0.294 e. The fraction of sp³-hybridized carbons (Fsp3) is 0.500. The molecule has 0 bridgehead atoms. The summed E-state index contributed by atoms with van der Waals surface area (Å²) in [5, 5.41) is -0.368. The Balaban J connectivity index is 2.22. The zero-order chi connectivity index (χ0) is 10.6. The third-order valence-electron chi connectivity index (χ3n) is 2.21. The summed E-state index contributed by atoms with van der Waals surface area (Å²) in [5.41, 5.74) is 0. The van der Waals surface area contributed by atoms with Crippen molar-refractivity contribution in [2.24, 2.45) is 5.92 Å². The monoisotopic (exact) mass is 214 g/mol. The van der Waals surface area contributed by atoms with Gasteiger partial charge in [0, 0.05) is 6.42 Å². The summed E-state index contributed by atoms with van der Waals surface area (Å²) in [6, 6.07) is 0. The summed E-state index contributed by atoms with van der Waals surface area (Å²) in [6.07, 6.45) is 4.79. The van der Waals surface area contributed by atoms with Gasteiger partial charge < -0.3 is 0 Å². The number of rotatable bonds is 5. The maximum Gasteiger partial charge on any atom is 0.221 e. The SMILES string of the molecule is O=C(Cl)CCCCC1C(=O)C=CC1=O. The second-order valence-electron chi connectivity index (χ2n) is 3.29. The van der Waals surface area contributed by atoms with Gasteiger partial charge in [-0.1, -0.05) is 6.42 Å². The number of unbranched alkanes of at least 4 members (excludes halogenated alkanes) is 1. The van der Waals surface area contributed by atoms with Crippen LogP contribution in [0.4, 0.5) is 0 Å². The van der Waals surface area contributed by atoms with Gasteiger partial charge in [-0.25, -0.2) is 0 Å². The number of hydrogen-bond donors (Lipinski definition) is 0. The molecule has 0 spiro atoms. The van der Waals surface area contributed by atoms with Crippen molar-refractivity contribution in [1.29, 1.82) is 0 Å². The average molecular weight is 215 g/mol. The van der Waals surface area contributed by atoms with Crippen LogP contribution in [-0.4, -0.2) is 16.8 Å². The lowest BCUT2D eigenvalue weighted by Gasteiger charge is -2.04. The van der Waals surface area contributed by atoms with Crippen LogP contribution in [0, 0.1) is 5.92 Å². The van der Waals surface area contributed by atoms with Crippen molar-refractivity contribution in [1.82, 2.24) is 0 Å². The highest BCUT2D eigenvalue weighted by Crippen LogP contribution is 2.18. The van der Waals surface area contributed by atoms with Gasteiger partial charge in [0.25, 0.3) is 0 Å². The molecule has 1 aliphatic rings. The van der Waals surface area contributed by atoms with Gasteiger partial charge in [-0.3, -0.25) is 14.4 Å². The molecule has 0 saturated heterocycles. The van der Waals surface area contributed by atoms with E-state index in [1.807, 2.05) is 0 Å². The first-order chi connectivity index (χ1) is 6.61. The second kappa shape index (κ2) is 5.05. The maximum absolute atomic E-state index is 11.1. The molecule has 76 valence electrons. The Labute approximate surface area is 87.1 Å². The Hall–Kier alpha value is -0.960. The van der Waals surface area contributed by atoms with Crippen molar-refractivity contribution in [3.05, 3.63) is 12.2 Å². The van der Waals surface area contributed by atoms with Gasteiger partial charge in [0.05, 0.1) is 5.92 Å². The van der Waals surface area contributed by atoms with E-state index < -0.39 is 5.92 Å². The standard InChI is InChI=1S/C10H11ClO3/c11-10(14)4-2-1-3-7-8(12)5-6-9(7)13/h5-7H,1-4H2. The van der Waals surface area contributed by atoms with Crippen molar-refractivity contribution in [3.8, 4) is 0 Å². The first kappa shape index (κ1) is 11.1. The van der Waals surface area contributed by atoms with Gasteiger partial charge in [-0.2, -0.15) is 0 Å². The highest BCUT2D eigenvalue weighted by atomic mass is 35.5. The Bertz CT molecular complexity index is 276. The van der Waals surface area contributed by atoms with E-state index in [-0.39, 0.29) is 16.8 Å². The highest BCUT2D eigenvalue weighted by Gasteiger charge is 2.26. The first-order valence-electron chi connectivity index (χ1n) is 4.55. The molecule has 14 heavy (non-hydrogen) atoms. The molecule has 0 aromatic carbocycles. The minimum absolute atomic E-state index is 0.118. The van der Waals surface area contributed by atoms with E-state index >= 15 is 0 Å². The molecular weight excluding hydrogens is 204 g/mol. The van der Waals surface area contributed by atoms with E-state index in [4.69, 9.17) is 11.6 Å². The van der Waals surface area contributed by atoms with Crippen LogP contribution in [0.1, 0.15) is 25.7 Å². The second-order valence-corrected chi connectivity index (χ2v) is 3.71. The predicted octanol–water partition coefficient (Wildman–Crippen LogP) is 1.64. The third-order valence-corrected chi connectivity index (χ3v) is 2.40. The predicted molar refractivity (Wildman–Crippen MR) is 52.0 cm³/mol. The molecule has 0 aliphatic heterocycles. The fourth-order valence-corrected chi connectivity index (χ4v) is 1.57.